The third kappa shape index (κ3) is 6.63. The predicted molar refractivity (Wildman–Crippen MR) is 101 cm³/mol. The number of hydrogen-bond acceptors (Lipinski definition) is 4. The number of rotatable bonds is 9. The van der Waals surface area contributed by atoms with Crippen molar-refractivity contribution >= 4 is 17.6 Å². The Morgan fingerprint density at radius 3 is 2.84 bits per heavy atom. The summed E-state index contributed by atoms with van der Waals surface area (Å²) >= 11 is 6.27. The average Bonchev–Trinajstić information content (AvgIpc) is 2.62. The first-order valence-corrected chi connectivity index (χ1v) is 9.30. The van der Waals surface area contributed by atoms with Crippen LogP contribution in [0.1, 0.15) is 32.3 Å². The summed E-state index contributed by atoms with van der Waals surface area (Å²) in [6, 6.07) is 3.82. The van der Waals surface area contributed by atoms with Crippen LogP contribution in [0, 0.1) is 0 Å². The van der Waals surface area contributed by atoms with E-state index in [1.54, 1.807) is 0 Å². The number of aliphatic imine (C=N–C) groups is 1. The molecule has 0 amide bonds. The summed E-state index contributed by atoms with van der Waals surface area (Å²) < 4.78 is 16.5. The van der Waals surface area contributed by atoms with Gasteiger partial charge >= 0.3 is 0 Å². The van der Waals surface area contributed by atoms with Gasteiger partial charge in [-0.25, -0.2) is 4.99 Å². The maximum absolute atomic E-state index is 6.27. The van der Waals surface area contributed by atoms with E-state index in [9.17, 15) is 0 Å². The molecule has 1 aromatic carbocycles. The Labute approximate surface area is 154 Å². The van der Waals surface area contributed by atoms with E-state index in [1.807, 2.05) is 26.0 Å². The van der Waals surface area contributed by atoms with E-state index in [0.29, 0.717) is 36.3 Å². The van der Waals surface area contributed by atoms with Crippen LogP contribution in [0.4, 0.5) is 0 Å². The van der Waals surface area contributed by atoms with Gasteiger partial charge in [-0.3, -0.25) is 0 Å². The Hall–Kier alpha value is -1.66. The van der Waals surface area contributed by atoms with E-state index in [1.165, 1.54) is 0 Å². The monoisotopic (exact) mass is 369 g/mol. The molecule has 0 aliphatic carbocycles. The molecular weight excluding hydrogens is 342 g/mol. The summed E-state index contributed by atoms with van der Waals surface area (Å²) in [5.41, 5.74) is 0.989. The fourth-order valence-corrected chi connectivity index (χ4v) is 2.74. The SMILES string of the molecule is CCNC(=NCc1cc(Cl)c2c(c1)OCCO2)NCCCCOCC. The molecule has 0 bridgehead atoms. The lowest BCUT2D eigenvalue weighted by Gasteiger charge is -2.20. The van der Waals surface area contributed by atoms with Crippen LogP contribution in [-0.4, -0.2) is 45.5 Å². The normalized spacial score (nSPS) is 13.6. The zero-order valence-corrected chi connectivity index (χ0v) is 15.8. The molecular formula is C18H28ClN3O3. The van der Waals surface area contributed by atoms with Crippen molar-refractivity contribution < 1.29 is 14.2 Å². The Kier molecular flexibility index (Phi) is 8.69. The summed E-state index contributed by atoms with van der Waals surface area (Å²) in [7, 11) is 0. The van der Waals surface area contributed by atoms with Crippen LogP contribution in [0.5, 0.6) is 11.5 Å². The second-order valence-corrected chi connectivity index (χ2v) is 6.03. The quantitative estimate of drug-likeness (QED) is 0.398. The van der Waals surface area contributed by atoms with Gasteiger partial charge in [0.15, 0.2) is 17.5 Å². The lowest BCUT2D eigenvalue weighted by atomic mass is 10.2. The zero-order chi connectivity index (χ0) is 17.9. The van der Waals surface area contributed by atoms with Crippen molar-refractivity contribution in [1.82, 2.24) is 10.6 Å². The largest absolute Gasteiger partial charge is 0.486 e. The van der Waals surface area contributed by atoms with Crippen molar-refractivity contribution in [3.8, 4) is 11.5 Å². The standard InChI is InChI=1S/C18H28ClN3O3/c1-3-20-18(21-7-5-6-8-23-4-2)22-13-14-11-15(19)17-16(12-14)24-9-10-25-17/h11-12H,3-10,13H2,1-2H3,(H2,20,21,22). The number of nitrogens with zero attached hydrogens (tertiary/aromatic N) is 1. The molecule has 1 aromatic rings. The molecule has 0 spiro atoms. The molecule has 0 fully saturated rings. The maximum atomic E-state index is 6.27. The first-order valence-electron chi connectivity index (χ1n) is 8.92. The van der Waals surface area contributed by atoms with E-state index >= 15 is 0 Å². The van der Waals surface area contributed by atoms with E-state index < -0.39 is 0 Å². The summed E-state index contributed by atoms with van der Waals surface area (Å²) in [4.78, 5) is 4.62. The molecule has 6 nitrogen and oxygen atoms in total. The van der Waals surface area contributed by atoms with Crippen molar-refractivity contribution in [3.05, 3.63) is 22.7 Å². The highest BCUT2D eigenvalue weighted by Gasteiger charge is 2.16. The fraction of sp³-hybridized carbons (Fsp3) is 0.611. The van der Waals surface area contributed by atoms with Crippen molar-refractivity contribution in [3.63, 3.8) is 0 Å². The summed E-state index contributed by atoms with van der Waals surface area (Å²) in [5.74, 6) is 2.11. The number of fused-ring (bicyclic) bond motifs is 1. The molecule has 2 N–H and O–H groups in total. The van der Waals surface area contributed by atoms with Crippen molar-refractivity contribution in [2.24, 2.45) is 4.99 Å². The third-order valence-electron chi connectivity index (χ3n) is 3.63. The maximum Gasteiger partial charge on any atom is 0.191 e. The summed E-state index contributed by atoms with van der Waals surface area (Å²) in [6.07, 6.45) is 2.08. The van der Waals surface area contributed by atoms with Crippen molar-refractivity contribution in [2.45, 2.75) is 33.2 Å². The first-order chi connectivity index (χ1) is 12.2. The van der Waals surface area contributed by atoms with Crippen LogP contribution in [-0.2, 0) is 11.3 Å². The van der Waals surface area contributed by atoms with Gasteiger partial charge in [0.2, 0.25) is 0 Å². The van der Waals surface area contributed by atoms with Gasteiger partial charge < -0.3 is 24.8 Å². The van der Waals surface area contributed by atoms with Crippen LogP contribution in [0.3, 0.4) is 0 Å². The molecule has 1 aliphatic heterocycles. The minimum absolute atomic E-state index is 0.518. The van der Waals surface area contributed by atoms with Crippen LogP contribution in [0.25, 0.3) is 0 Å². The number of benzene rings is 1. The predicted octanol–water partition coefficient (Wildman–Crippen LogP) is 2.98. The Bertz CT molecular complexity index is 567. The van der Waals surface area contributed by atoms with E-state index in [-0.39, 0.29) is 0 Å². The van der Waals surface area contributed by atoms with Crippen LogP contribution >= 0.6 is 11.6 Å². The lowest BCUT2D eigenvalue weighted by molar-refractivity contribution is 0.143. The number of hydrogen-bond donors (Lipinski definition) is 2. The highest BCUT2D eigenvalue weighted by molar-refractivity contribution is 6.32. The molecule has 7 heteroatoms. The van der Waals surface area contributed by atoms with Gasteiger partial charge in [-0.15, -0.1) is 0 Å². The molecule has 0 atom stereocenters. The average molecular weight is 370 g/mol. The second kappa shape index (κ2) is 11.1. The molecule has 25 heavy (non-hydrogen) atoms. The van der Waals surface area contributed by atoms with Gasteiger partial charge in [0.1, 0.15) is 13.2 Å². The lowest BCUT2D eigenvalue weighted by Crippen LogP contribution is -2.37. The first kappa shape index (κ1) is 19.7. The van der Waals surface area contributed by atoms with Crippen molar-refractivity contribution in [1.29, 1.82) is 0 Å². The van der Waals surface area contributed by atoms with E-state index in [2.05, 4.69) is 15.6 Å². The van der Waals surface area contributed by atoms with Crippen LogP contribution < -0.4 is 20.1 Å². The van der Waals surface area contributed by atoms with Gasteiger partial charge in [-0.05, 0) is 44.4 Å². The third-order valence-corrected chi connectivity index (χ3v) is 3.91. The number of nitrogens with one attached hydrogen (secondary N) is 2. The van der Waals surface area contributed by atoms with Crippen LogP contribution in [0.15, 0.2) is 17.1 Å². The van der Waals surface area contributed by atoms with E-state index in [4.69, 9.17) is 25.8 Å². The molecule has 0 aromatic heterocycles. The van der Waals surface area contributed by atoms with Gasteiger partial charge in [0.25, 0.3) is 0 Å². The van der Waals surface area contributed by atoms with Crippen LogP contribution in [0.2, 0.25) is 5.02 Å². The Morgan fingerprint density at radius 1 is 1.20 bits per heavy atom. The molecule has 0 unspecified atom stereocenters. The minimum Gasteiger partial charge on any atom is -0.486 e. The fourth-order valence-electron chi connectivity index (χ4n) is 2.45. The molecule has 140 valence electrons. The number of ether oxygens (including phenoxy) is 3. The van der Waals surface area contributed by atoms with Gasteiger partial charge in [-0.2, -0.15) is 0 Å². The van der Waals surface area contributed by atoms with Gasteiger partial charge in [0, 0.05) is 26.3 Å². The molecule has 0 saturated carbocycles. The second-order valence-electron chi connectivity index (χ2n) is 5.63. The van der Waals surface area contributed by atoms with Gasteiger partial charge in [-0.1, -0.05) is 11.6 Å². The number of unbranched alkanes of at least 4 members (excludes halogenated alkanes) is 1. The molecule has 1 aliphatic rings. The van der Waals surface area contributed by atoms with Gasteiger partial charge in [0.05, 0.1) is 11.6 Å². The highest BCUT2D eigenvalue weighted by atomic mass is 35.5. The Balaban J connectivity index is 1.88. The smallest absolute Gasteiger partial charge is 0.191 e. The molecule has 1 heterocycles. The summed E-state index contributed by atoms with van der Waals surface area (Å²) in [5, 5.41) is 7.16. The van der Waals surface area contributed by atoms with E-state index in [0.717, 1.165) is 50.7 Å². The van der Waals surface area contributed by atoms with Crippen molar-refractivity contribution in [2.75, 3.05) is 39.5 Å². The minimum atomic E-state index is 0.518. The number of halogens is 1. The Morgan fingerprint density at radius 2 is 2.04 bits per heavy atom. The highest BCUT2D eigenvalue weighted by Crippen LogP contribution is 2.38. The summed E-state index contributed by atoms with van der Waals surface area (Å²) in [6.45, 7) is 8.91. The zero-order valence-electron chi connectivity index (χ0n) is 15.1. The molecule has 0 saturated heterocycles. The molecule has 2 rings (SSSR count). The topological polar surface area (TPSA) is 64.1 Å². The molecule has 0 radical (unpaired) electrons. The number of guanidine groups is 1.